The Kier molecular flexibility index (Phi) is 2.55. The van der Waals surface area contributed by atoms with Gasteiger partial charge in [-0.3, -0.25) is 4.98 Å². The van der Waals surface area contributed by atoms with E-state index < -0.39 is 6.43 Å². The smallest absolute Gasteiger partial charge is 0.266 e. The maximum absolute atomic E-state index is 13.2. The lowest BCUT2D eigenvalue weighted by atomic mass is 10.1. The molecular formula is C14H10F2N2. The first kappa shape index (κ1) is 10.9. The monoisotopic (exact) mass is 244 g/mol. The molecule has 0 aliphatic heterocycles. The number of benzene rings is 1. The summed E-state index contributed by atoms with van der Waals surface area (Å²) in [4.78, 5) is 7.14. The first-order valence-corrected chi connectivity index (χ1v) is 5.57. The van der Waals surface area contributed by atoms with Gasteiger partial charge in [-0.2, -0.15) is 0 Å². The number of alkyl halides is 2. The molecule has 90 valence electrons. The quantitative estimate of drug-likeness (QED) is 0.720. The van der Waals surface area contributed by atoms with Gasteiger partial charge in [-0.1, -0.05) is 24.3 Å². The largest absolute Gasteiger partial charge is 0.353 e. The van der Waals surface area contributed by atoms with Crippen LogP contribution in [-0.2, 0) is 0 Å². The number of hydrogen-bond donors (Lipinski definition) is 1. The van der Waals surface area contributed by atoms with E-state index in [4.69, 9.17) is 0 Å². The van der Waals surface area contributed by atoms with Crippen LogP contribution >= 0.6 is 0 Å². The molecular weight excluding hydrogens is 234 g/mol. The molecule has 1 aromatic carbocycles. The van der Waals surface area contributed by atoms with E-state index in [1.807, 2.05) is 6.07 Å². The Hall–Kier alpha value is -2.23. The van der Waals surface area contributed by atoms with Gasteiger partial charge < -0.3 is 4.98 Å². The summed E-state index contributed by atoms with van der Waals surface area (Å²) in [5, 5.41) is 0.549. The zero-order valence-electron chi connectivity index (χ0n) is 9.40. The normalized spacial score (nSPS) is 11.3. The van der Waals surface area contributed by atoms with Gasteiger partial charge in [-0.15, -0.1) is 0 Å². The number of halogens is 2. The fourth-order valence-electron chi connectivity index (χ4n) is 2.10. The molecule has 2 heterocycles. The number of hydrogen-bond acceptors (Lipinski definition) is 1. The van der Waals surface area contributed by atoms with Crippen LogP contribution in [0, 0.1) is 0 Å². The van der Waals surface area contributed by atoms with Gasteiger partial charge in [-0.05, 0) is 18.2 Å². The van der Waals surface area contributed by atoms with Crippen LogP contribution in [0.25, 0.3) is 22.3 Å². The number of nitrogens with one attached hydrogen (secondary N) is 1. The standard InChI is InChI=1S/C14H10F2N2/c15-14(16)12-9-5-1-2-6-10(9)18-13(12)11-7-3-4-8-17-11/h1-8,14,18H. The van der Waals surface area contributed by atoms with E-state index in [2.05, 4.69) is 9.97 Å². The van der Waals surface area contributed by atoms with Gasteiger partial charge in [0.05, 0.1) is 17.0 Å². The molecule has 3 aromatic rings. The molecule has 0 saturated heterocycles. The number of aromatic nitrogens is 2. The molecule has 0 saturated carbocycles. The second-order valence-corrected chi connectivity index (χ2v) is 3.97. The van der Waals surface area contributed by atoms with Crippen LogP contribution in [0.5, 0.6) is 0 Å². The van der Waals surface area contributed by atoms with Crippen molar-refractivity contribution < 1.29 is 8.78 Å². The highest BCUT2D eigenvalue weighted by Gasteiger charge is 2.20. The molecule has 0 spiro atoms. The Bertz CT molecular complexity index is 675. The zero-order valence-corrected chi connectivity index (χ0v) is 9.40. The van der Waals surface area contributed by atoms with E-state index in [1.54, 1.807) is 42.6 Å². The summed E-state index contributed by atoms with van der Waals surface area (Å²) in [5.74, 6) is 0. The van der Waals surface area contributed by atoms with E-state index in [9.17, 15) is 8.78 Å². The van der Waals surface area contributed by atoms with Crippen molar-refractivity contribution >= 4 is 10.9 Å². The van der Waals surface area contributed by atoms with Gasteiger partial charge in [-0.25, -0.2) is 8.78 Å². The Balaban J connectivity index is 2.32. The highest BCUT2D eigenvalue weighted by molar-refractivity contribution is 5.90. The third-order valence-electron chi connectivity index (χ3n) is 2.89. The molecule has 4 heteroatoms. The summed E-state index contributed by atoms with van der Waals surface area (Å²) in [6.07, 6.45) is -0.936. The van der Waals surface area contributed by atoms with Crippen LogP contribution in [0.2, 0.25) is 0 Å². The van der Waals surface area contributed by atoms with Crippen LogP contribution in [0.4, 0.5) is 8.78 Å². The average Bonchev–Trinajstić information content (AvgIpc) is 2.79. The molecule has 18 heavy (non-hydrogen) atoms. The lowest BCUT2D eigenvalue weighted by molar-refractivity contribution is 0.154. The fraction of sp³-hybridized carbons (Fsp3) is 0.0714. The number of rotatable bonds is 2. The summed E-state index contributed by atoms with van der Waals surface area (Å²) in [7, 11) is 0. The highest BCUT2D eigenvalue weighted by atomic mass is 19.3. The lowest BCUT2D eigenvalue weighted by Gasteiger charge is -2.02. The summed E-state index contributed by atoms with van der Waals surface area (Å²) in [6.45, 7) is 0. The number of pyridine rings is 1. The second-order valence-electron chi connectivity index (χ2n) is 3.97. The Morgan fingerprint density at radius 1 is 1.00 bits per heavy atom. The topological polar surface area (TPSA) is 28.7 Å². The molecule has 0 bridgehead atoms. The predicted octanol–water partition coefficient (Wildman–Crippen LogP) is 4.17. The minimum atomic E-state index is -2.53. The van der Waals surface area contributed by atoms with Gasteiger partial charge in [0.2, 0.25) is 0 Å². The molecule has 0 fully saturated rings. The minimum absolute atomic E-state index is 0.0179. The van der Waals surface area contributed by atoms with Crippen LogP contribution in [0.15, 0.2) is 48.7 Å². The Labute approximate surface area is 102 Å². The van der Waals surface area contributed by atoms with Crippen molar-refractivity contribution in [2.45, 2.75) is 6.43 Å². The SMILES string of the molecule is FC(F)c1c(-c2ccccn2)[nH]c2ccccc12. The molecule has 2 aromatic heterocycles. The second kappa shape index (κ2) is 4.22. The fourth-order valence-corrected chi connectivity index (χ4v) is 2.10. The van der Waals surface area contributed by atoms with Gasteiger partial charge in [0.25, 0.3) is 6.43 Å². The number of nitrogens with zero attached hydrogens (tertiary/aromatic N) is 1. The van der Waals surface area contributed by atoms with Gasteiger partial charge in [0.15, 0.2) is 0 Å². The van der Waals surface area contributed by atoms with Crippen molar-refractivity contribution in [3.8, 4) is 11.4 Å². The van der Waals surface area contributed by atoms with E-state index >= 15 is 0 Å². The van der Waals surface area contributed by atoms with Crippen molar-refractivity contribution in [1.29, 1.82) is 0 Å². The zero-order chi connectivity index (χ0) is 12.5. The predicted molar refractivity (Wildman–Crippen MR) is 66.5 cm³/mol. The molecule has 1 N–H and O–H groups in total. The summed E-state index contributed by atoms with van der Waals surface area (Å²) >= 11 is 0. The summed E-state index contributed by atoms with van der Waals surface area (Å²) < 4.78 is 26.5. The van der Waals surface area contributed by atoms with E-state index in [0.717, 1.165) is 0 Å². The summed E-state index contributed by atoms with van der Waals surface area (Å²) in [5.41, 5.74) is 1.65. The molecule has 0 radical (unpaired) electrons. The van der Waals surface area contributed by atoms with Crippen LogP contribution in [-0.4, -0.2) is 9.97 Å². The van der Waals surface area contributed by atoms with Crippen molar-refractivity contribution in [3.05, 3.63) is 54.2 Å². The molecule has 2 nitrogen and oxygen atoms in total. The van der Waals surface area contributed by atoms with Crippen molar-refractivity contribution in [1.82, 2.24) is 9.97 Å². The Morgan fingerprint density at radius 2 is 1.78 bits per heavy atom. The Morgan fingerprint density at radius 3 is 2.50 bits per heavy atom. The molecule has 0 atom stereocenters. The van der Waals surface area contributed by atoms with Crippen molar-refractivity contribution in [3.63, 3.8) is 0 Å². The number of fused-ring (bicyclic) bond motifs is 1. The first-order chi connectivity index (χ1) is 8.77. The van der Waals surface area contributed by atoms with Crippen molar-refractivity contribution in [2.75, 3.05) is 0 Å². The van der Waals surface area contributed by atoms with Crippen LogP contribution in [0.3, 0.4) is 0 Å². The van der Waals surface area contributed by atoms with Crippen LogP contribution in [0.1, 0.15) is 12.0 Å². The van der Waals surface area contributed by atoms with Gasteiger partial charge in [0.1, 0.15) is 0 Å². The molecule has 0 unspecified atom stereocenters. The van der Waals surface area contributed by atoms with Crippen LogP contribution < -0.4 is 0 Å². The van der Waals surface area contributed by atoms with E-state index in [0.29, 0.717) is 22.3 Å². The van der Waals surface area contributed by atoms with Crippen molar-refractivity contribution in [2.24, 2.45) is 0 Å². The number of H-pyrrole nitrogens is 1. The first-order valence-electron chi connectivity index (χ1n) is 5.57. The number of aromatic amines is 1. The lowest BCUT2D eigenvalue weighted by Crippen LogP contribution is -1.89. The minimum Gasteiger partial charge on any atom is -0.353 e. The van der Waals surface area contributed by atoms with E-state index in [-0.39, 0.29) is 5.56 Å². The highest BCUT2D eigenvalue weighted by Crippen LogP contribution is 2.35. The maximum Gasteiger partial charge on any atom is 0.266 e. The molecule has 0 aliphatic carbocycles. The van der Waals surface area contributed by atoms with Gasteiger partial charge in [0, 0.05) is 17.1 Å². The molecule has 0 aliphatic rings. The number of para-hydroxylation sites is 1. The van der Waals surface area contributed by atoms with Gasteiger partial charge >= 0.3 is 0 Å². The maximum atomic E-state index is 13.2. The van der Waals surface area contributed by atoms with E-state index in [1.165, 1.54) is 0 Å². The third-order valence-corrected chi connectivity index (χ3v) is 2.89. The average molecular weight is 244 g/mol. The third kappa shape index (κ3) is 1.66. The molecule has 0 amide bonds. The molecule has 3 rings (SSSR count). The summed E-state index contributed by atoms with van der Waals surface area (Å²) in [6, 6.07) is 12.3.